The van der Waals surface area contributed by atoms with Crippen LogP contribution in [0.25, 0.3) is 0 Å². The first-order valence-electron chi connectivity index (χ1n) is 5.61. The normalized spacial score (nSPS) is 12.6. The van der Waals surface area contributed by atoms with Gasteiger partial charge in [-0.25, -0.2) is 4.79 Å². The number of amides is 1. The van der Waals surface area contributed by atoms with Gasteiger partial charge in [-0.1, -0.05) is 38.2 Å². The molecule has 0 fully saturated rings. The molecular formula is C13H23NO2. The molecule has 0 saturated carbocycles. The van der Waals surface area contributed by atoms with Crippen molar-refractivity contribution in [3.63, 3.8) is 0 Å². The van der Waals surface area contributed by atoms with Crippen molar-refractivity contribution in [1.29, 1.82) is 0 Å². The SMILES string of the molecule is CC(C)C=C/C=C/CNC(=O)OC(C)(C)C. The molecule has 1 amide bonds. The molecule has 0 aliphatic carbocycles. The van der Waals surface area contributed by atoms with E-state index in [1.54, 1.807) is 0 Å². The van der Waals surface area contributed by atoms with Crippen LogP contribution in [0, 0.1) is 5.92 Å². The lowest BCUT2D eigenvalue weighted by Crippen LogP contribution is -2.32. The van der Waals surface area contributed by atoms with Gasteiger partial charge in [0.15, 0.2) is 0 Å². The van der Waals surface area contributed by atoms with Crippen LogP contribution in [0.15, 0.2) is 24.3 Å². The standard InChI is InChI=1S/C13H23NO2/c1-11(2)9-7-6-8-10-14-12(15)16-13(3,4)5/h6-9,11H,10H2,1-5H3,(H,14,15)/b8-6+,9-7?. The highest BCUT2D eigenvalue weighted by Crippen LogP contribution is 2.06. The smallest absolute Gasteiger partial charge is 0.407 e. The summed E-state index contributed by atoms with van der Waals surface area (Å²) in [4.78, 5) is 11.2. The number of hydrogen-bond donors (Lipinski definition) is 1. The largest absolute Gasteiger partial charge is 0.444 e. The van der Waals surface area contributed by atoms with Crippen molar-refractivity contribution >= 4 is 6.09 Å². The predicted molar refractivity (Wildman–Crippen MR) is 67.4 cm³/mol. The van der Waals surface area contributed by atoms with Gasteiger partial charge in [-0.05, 0) is 26.7 Å². The molecule has 0 atom stereocenters. The summed E-state index contributed by atoms with van der Waals surface area (Å²) in [7, 11) is 0. The van der Waals surface area contributed by atoms with Crippen LogP contribution in [0.4, 0.5) is 4.79 Å². The van der Waals surface area contributed by atoms with Gasteiger partial charge in [0.25, 0.3) is 0 Å². The van der Waals surface area contributed by atoms with Gasteiger partial charge in [0, 0.05) is 6.54 Å². The van der Waals surface area contributed by atoms with E-state index in [2.05, 4.69) is 25.2 Å². The van der Waals surface area contributed by atoms with Crippen molar-refractivity contribution < 1.29 is 9.53 Å². The number of carbonyl (C=O) groups excluding carboxylic acids is 1. The zero-order valence-electron chi connectivity index (χ0n) is 10.9. The van der Waals surface area contributed by atoms with E-state index in [1.165, 1.54) is 0 Å². The summed E-state index contributed by atoms with van der Waals surface area (Å²) in [5.41, 5.74) is -0.439. The molecule has 0 aliphatic heterocycles. The number of ether oxygens (including phenoxy) is 1. The number of alkyl carbamates (subject to hydrolysis) is 1. The quantitative estimate of drug-likeness (QED) is 0.746. The second-order valence-electron chi connectivity index (χ2n) is 4.94. The van der Waals surface area contributed by atoms with E-state index in [9.17, 15) is 4.79 Å². The molecular weight excluding hydrogens is 202 g/mol. The molecule has 92 valence electrons. The maximum atomic E-state index is 11.2. The zero-order valence-corrected chi connectivity index (χ0v) is 10.9. The van der Waals surface area contributed by atoms with Crippen molar-refractivity contribution in [2.75, 3.05) is 6.54 Å². The maximum Gasteiger partial charge on any atom is 0.407 e. The Morgan fingerprint density at radius 3 is 2.44 bits per heavy atom. The van der Waals surface area contributed by atoms with E-state index >= 15 is 0 Å². The number of carbonyl (C=O) groups is 1. The Balaban J connectivity index is 3.70. The average molecular weight is 225 g/mol. The van der Waals surface area contributed by atoms with Crippen LogP contribution in [0.5, 0.6) is 0 Å². The number of rotatable bonds is 4. The first-order valence-corrected chi connectivity index (χ1v) is 5.61. The molecule has 0 heterocycles. The van der Waals surface area contributed by atoms with Crippen molar-refractivity contribution in [2.24, 2.45) is 5.92 Å². The Labute approximate surface area is 98.6 Å². The molecule has 0 aromatic heterocycles. The molecule has 0 saturated heterocycles. The first-order chi connectivity index (χ1) is 7.31. The molecule has 0 radical (unpaired) electrons. The lowest BCUT2D eigenvalue weighted by atomic mass is 10.2. The molecule has 0 aliphatic rings. The summed E-state index contributed by atoms with van der Waals surface area (Å²) >= 11 is 0. The third-order valence-electron chi connectivity index (χ3n) is 1.51. The fourth-order valence-electron chi connectivity index (χ4n) is 0.889. The first kappa shape index (κ1) is 14.8. The van der Waals surface area contributed by atoms with Gasteiger partial charge in [0.1, 0.15) is 5.60 Å². The molecule has 1 N–H and O–H groups in total. The third kappa shape index (κ3) is 10.8. The van der Waals surface area contributed by atoms with E-state index in [-0.39, 0.29) is 6.09 Å². The van der Waals surface area contributed by atoms with Gasteiger partial charge >= 0.3 is 6.09 Å². The molecule has 0 spiro atoms. The van der Waals surface area contributed by atoms with E-state index in [1.807, 2.05) is 39.0 Å². The molecule has 0 aromatic rings. The van der Waals surface area contributed by atoms with Crippen LogP contribution in [0.1, 0.15) is 34.6 Å². The minimum Gasteiger partial charge on any atom is -0.444 e. The summed E-state index contributed by atoms with van der Waals surface area (Å²) < 4.78 is 5.08. The average Bonchev–Trinajstić information content (AvgIpc) is 2.07. The summed E-state index contributed by atoms with van der Waals surface area (Å²) in [6.07, 6.45) is 7.47. The molecule has 0 rings (SSSR count). The van der Waals surface area contributed by atoms with Gasteiger partial charge in [-0.3, -0.25) is 0 Å². The number of nitrogens with one attached hydrogen (secondary N) is 1. The Bertz CT molecular complexity index is 260. The van der Waals surface area contributed by atoms with Crippen LogP contribution in [-0.2, 0) is 4.74 Å². The third-order valence-corrected chi connectivity index (χ3v) is 1.51. The topological polar surface area (TPSA) is 38.3 Å². The molecule has 0 unspecified atom stereocenters. The molecule has 0 bridgehead atoms. The van der Waals surface area contributed by atoms with Gasteiger partial charge < -0.3 is 10.1 Å². The van der Waals surface area contributed by atoms with Crippen LogP contribution in [-0.4, -0.2) is 18.2 Å². The summed E-state index contributed by atoms with van der Waals surface area (Å²) in [6.45, 7) is 10.2. The Morgan fingerprint density at radius 2 is 1.94 bits per heavy atom. The Hall–Kier alpha value is -1.25. The maximum absolute atomic E-state index is 11.2. The number of allylic oxidation sites excluding steroid dienone is 3. The van der Waals surface area contributed by atoms with Crippen LogP contribution in [0.2, 0.25) is 0 Å². The van der Waals surface area contributed by atoms with E-state index in [0.29, 0.717) is 12.5 Å². The molecule has 3 heteroatoms. The second-order valence-corrected chi connectivity index (χ2v) is 4.94. The Morgan fingerprint density at radius 1 is 1.31 bits per heavy atom. The van der Waals surface area contributed by atoms with Crippen LogP contribution in [0.3, 0.4) is 0 Å². The highest BCUT2D eigenvalue weighted by atomic mass is 16.6. The van der Waals surface area contributed by atoms with Crippen molar-refractivity contribution in [1.82, 2.24) is 5.32 Å². The summed E-state index contributed by atoms with van der Waals surface area (Å²) in [6, 6.07) is 0. The fraction of sp³-hybridized carbons (Fsp3) is 0.615. The van der Waals surface area contributed by atoms with Gasteiger partial charge in [-0.2, -0.15) is 0 Å². The highest BCUT2D eigenvalue weighted by Gasteiger charge is 2.14. The van der Waals surface area contributed by atoms with Crippen molar-refractivity contribution in [3.8, 4) is 0 Å². The molecule has 0 aromatic carbocycles. The lowest BCUT2D eigenvalue weighted by Gasteiger charge is -2.19. The summed E-state index contributed by atoms with van der Waals surface area (Å²) in [5.74, 6) is 0.545. The van der Waals surface area contributed by atoms with Crippen molar-refractivity contribution in [3.05, 3.63) is 24.3 Å². The minimum absolute atomic E-state index is 0.384. The molecule has 16 heavy (non-hydrogen) atoms. The minimum atomic E-state index is -0.439. The van der Waals surface area contributed by atoms with Gasteiger partial charge in [0.05, 0.1) is 0 Å². The van der Waals surface area contributed by atoms with Gasteiger partial charge in [0.2, 0.25) is 0 Å². The predicted octanol–water partition coefficient (Wildman–Crippen LogP) is 3.28. The zero-order chi connectivity index (χ0) is 12.6. The monoisotopic (exact) mass is 225 g/mol. The Kier molecular flexibility index (Phi) is 6.54. The van der Waals surface area contributed by atoms with Crippen LogP contribution >= 0.6 is 0 Å². The van der Waals surface area contributed by atoms with Crippen LogP contribution < -0.4 is 5.32 Å². The van der Waals surface area contributed by atoms with E-state index < -0.39 is 5.60 Å². The van der Waals surface area contributed by atoms with Crippen molar-refractivity contribution in [2.45, 2.75) is 40.2 Å². The van der Waals surface area contributed by atoms with Gasteiger partial charge in [-0.15, -0.1) is 0 Å². The summed E-state index contributed by atoms with van der Waals surface area (Å²) in [5, 5.41) is 2.65. The number of hydrogen-bond acceptors (Lipinski definition) is 2. The van der Waals surface area contributed by atoms with E-state index in [0.717, 1.165) is 0 Å². The highest BCUT2D eigenvalue weighted by molar-refractivity contribution is 5.67. The second kappa shape index (κ2) is 7.09. The fourth-order valence-corrected chi connectivity index (χ4v) is 0.889. The van der Waals surface area contributed by atoms with E-state index in [4.69, 9.17) is 4.74 Å². The lowest BCUT2D eigenvalue weighted by molar-refractivity contribution is 0.0534. The molecule has 3 nitrogen and oxygen atoms in total.